The van der Waals surface area contributed by atoms with Gasteiger partial charge in [0.15, 0.2) is 11.5 Å². The van der Waals surface area contributed by atoms with E-state index < -0.39 is 11.7 Å². The molecule has 0 aliphatic heterocycles. The lowest BCUT2D eigenvalue weighted by atomic mass is 10.1. The number of pyridine rings is 1. The van der Waals surface area contributed by atoms with Crippen molar-refractivity contribution in [1.29, 1.82) is 0 Å². The van der Waals surface area contributed by atoms with Gasteiger partial charge in [-0.15, -0.1) is 0 Å². The van der Waals surface area contributed by atoms with E-state index in [4.69, 9.17) is 9.47 Å². The molecule has 7 nitrogen and oxygen atoms in total. The molecule has 0 fully saturated rings. The molecule has 7 heteroatoms. The first-order valence-corrected chi connectivity index (χ1v) is 5.62. The van der Waals surface area contributed by atoms with Crippen molar-refractivity contribution >= 4 is 17.0 Å². The molecule has 1 aromatic carbocycles. The van der Waals surface area contributed by atoms with Crippen LogP contribution in [-0.2, 0) is 4.74 Å². The lowest BCUT2D eigenvalue weighted by Gasteiger charge is -2.13. The molecule has 2 aromatic rings. The number of ether oxygens (including phenoxy) is 3. The summed E-state index contributed by atoms with van der Waals surface area (Å²) < 4.78 is 15.6. The van der Waals surface area contributed by atoms with Crippen molar-refractivity contribution in [1.82, 2.24) is 4.57 Å². The number of hydrogen-bond donors (Lipinski definition) is 1. The van der Waals surface area contributed by atoms with Gasteiger partial charge >= 0.3 is 6.09 Å². The van der Waals surface area contributed by atoms with E-state index in [9.17, 15) is 14.7 Å². The number of carbonyl (C=O) groups is 1. The Hall–Kier alpha value is -2.70. The van der Waals surface area contributed by atoms with Gasteiger partial charge in [0.05, 0.1) is 26.8 Å². The van der Waals surface area contributed by atoms with E-state index >= 15 is 0 Å². The number of rotatable bonds is 2. The number of carbonyl (C=O) groups excluding carboxylic acids is 1. The van der Waals surface area contributed by atoms with Crippen molar-refractivity contribution in [3.8, 4) is 17.2 Å². The summed E-state index contributed by atoms with van der Waals surface area (Å²) in [5.41, 5.74) is -0.534. The van der Waals surface area contributed by atoms with E-state index in [0.29, 0.717) is 11.5 Å². The van der Waals surface area contributed by atoms with Crippen molar-refractivity contribution < 1.29 is 24.1 Å². The van der Waals surface area contributed by atoms with Crippen molar-refractivity contribution in [3.63, 3.8) is 0 Å². The van der Waals surface area contributed by atoms with Crippen molar-refractivity contribution in [2.24, 2.45) is 0 Å². The third-order valence-electron chi connectivity index (χ3n) is 2.86. The zero-order chi connectivity index (χ0) is 14.9. The van der Waals surface area contributed by atoms with Crippen LogP contribution in [-0.4, -0.2) is 37.1 Å². The highest BCUT2D eigenvalue weighted by Crippen LogP contribution is 2.34. The second kappa shape index (κ2) is 5.12. The number of aromatic nitrogens is 1. The van der Waals surface area contributed by atoms with Crippen LogP contribution in [0.25, 0.3) is 10.9 Å². The first-order valence-electron chi connectivity index (χ1n) is 5.62. The van der Waals surface area contributed by atoms with Gasteiger partial charge in [-0.2, -0.15) is 0 Å². The predicted octanol–water partition coefficient (Wildman–Crippen LogP) is 1.34. The highest BCUT2D eigenvalue weighted by molar-refractivity contribution is 5.93. The Labute approximate surface area is 113 Å². The highest BCUT2D eigenvalue weighted by atomic mass is 16.5. The molecule has 1 heterocycles. The molecular formula is C13H13NO6. The summed E-state index contributed by atoms with van der Waals surface area (Å²) in [6.07, 6.45) is -0.854. The van der Waals surface area contributed by atoms with Gasteiger partial charge in [0, 0.05) is 17.5 Å². The Balaban J connectivity index is 2.93. The number of hydrogen-bond acceptors (Lipinski definition) is 6. The fourth-order valence-electron chi connectivity index (χ4n) is 1.92. The second-order valence-corrected chi connectivity index (χ2v) is 3.90. The maximum absolute atomic E-state index is 11.8. The van der Waals surface area contributed by atoms with Crippen LogP contribution in [0, 0.1) is 0 Å². The minimum absolute atomic E-state index is 0.166. The van der Waals surface area contributed by atoms with Gasteiger partial charge in [0.2, 0.25) is 0 Å². The van der Waals surface area contributed by atoms with Gasteiger partial charge in [-0.25, -0.2) is 9.36 Å². The predicted molar refractivity (Wildman–Crippen MR) is 70.8 cm³/mol. The van der Waals surface area contributed by atoms with Gasteiger partial charge in [0.25, 0.3) is 5.56 Å². The zero-order valence-electron chi connectivity index (χ0n) is 11.2. The van der Waals surface area contributed by atoms with E-state index in [-0.39, 0.29) is 16.7 Å². The molecule has 0 saturated carbocycles. The van der Waals surface area contributed by atoms with E-state index in [2.05, 4.69) is 4.74 Å². The molecule has 106 valence electrons. The number of fused-ring (bicyclic) bond motifs is 1. The molecule has 0 radical (unpaired) electrons. The van der Waals surface area contributed by atoms with E-state index in [0.717, 1.165) is 17.7 Å². The SMILES string of the molecule is COC(=O)n1c(=O)cc(O)c2cc(OC)c(OC)cc21. The van der Waals surface area contributed by atoms with Gasteiger partial charge in [0.1, 0.15) is 5.75 Å². The fraction of sp³-hybridized carbons (Fsp3) is 0.231. The van der Waals surface area contributed by atoms with Crippen LogP contribution < -0.4 is 15.0 Å². The summed E-state index contributed by atoms with van der Waals surface area (Å²) in [5.74, 6) is 0.430. The number of methoxy groups -OCH3 is 3. The fourth-order valence-corrected chi connectivity index (χ4v) is 1.92. The van der Waals surface area contributed by atoms with Crippen LogP contribution in [0.1, 0.15) is 0 Å². The largest absolute Gasteiger partial charge is 0.507 e. The van der Waals surface area contributed by atoms with E-state index in [1.165, 1.54) is 26.4 Å². The molecule has 0 amide bonds. The molecule has 0 atom stereocenters. The molecule has 1 N–H and O–H groups in total. The Bertz CT molecular complexity index is 734. The minimum atomic E-state index is -0.854. The monoisotopic (exact) mass is 279 g/mol. The molecule has 0 saturated heterocycles. The summed E-state index contributed by atoms with van der Waals surface area (Å²) in [7, 11) is 4.03. The highest BCUT2D eigenvalue weighted by Gasteiger charge is 2.17. The van der Waals surface area contributed by atoms with Gasteiger partial charge in [-0.05, 0) is 6.07 Å². The topological polar surface area (TPSA) is 87.0 Å². The van der Waals surface area contributed by atoms with Crippen LogP contribution in [0.4, 0.5) is 4.79 Å². The van der Waals surface area contributed by atoms with Gasteiger partial charge < -0.3 is 19.3 Å². The second-order valence-electron chi connectivity index (χ2n) is 3.90. The first-order chi connectivity index (χ1) is 9.53. The molecule has 0 aliphatic carbocycles. The first kappa shape index (κ1) is 13.7. The third-order valence-corrected chi connectivity index (χ3v) is 2.86. The lowest BCUT2D eigenvalue weighted by Crippen LogP contribution is -2.26. The maximum Gasteiger partial charge on any atom is 0.421 e. The minimum Gasteiger partial charge on any atom is -0.507 e. The quantitative estimate of drug-likeness (QED) is 0.892. The molecule has 0 spiro atoms. The normalized spacial score (nSPS) is 10.3. The Morgan fingerprint density at radius 3 is 2.25 bits per heavy atom. The van der Waals surface area contributed by atoms with Gasteiger partial charge in [-0.1, -0.05) is 0 Å². The molecule has 20 heavy (non-hydrogen) atoms. The Morgan fingerprint density at radius 2 is 1.70 bits per heavy atom. The van der Waals surface area contributed by atoms with E-state index in [1.807, 2.05) is 0 Å². The molecule has 0 bridgehead atoms. The van der Waals surface area contributed by atoms with E-state index in [1.54, 1.807) is 0 Å². The summed E-state index contributed by atoms with van der Waals surface area (Å²) in [6.45, 7) is 0. The number of benzene rings is 1. The van der Waals surface area contributed by atoms with Crippen LogP contribution in [0.15, 0.2) is 23.0 Å². The molecule has 2 rings (SSSR count). The summed E-state index contributed by atoms with van der Waals surface area (Å²) in [5, 5.41) is 10.1. The maximum atomic E-state index is 11.8. The molecule has 0 unspecified atom stereocenters. The molecule has 1 aromatic heterocycles. The average Bonchev–Trinajstić information content (AvgIpc) is 2.45. The van der Waals surface area contributed by atoms with Gasteiger partial charge in [-0.3, -0.25) is 4.79 Å². The van der Waals surface area contributed by atoms with Crippen LogP contribution in [0.3, 0.4) is 0 Å². The van der Waals surface area contributed by atoms with Crippen molar-refractivity contribution in [3.05, 3.63) is 28.6 Å². The zero-order valence-corrected chi connectivity index (χ0v) is 11.2. The summed E-state index contributed by atoms with van der Waals surface area (Å²) in [4.78, 5) is 23.5. The smallest absolute Gasteiger partial charge is 0.421 e. The molecular weight excluding hydrogens is 266 g/mol. The third kappa shape index (κ3) is 2.03. The van der Waals surface area contributed by atoms with Crippen LogP contribution in [0.2, 0.25) is 0 Å². The van der Waals surface area contributed by atoms with Crippen molar-refractivity contribution in [2.75, 3.05) is 21.3 Å². The Kier molecular flexibility index (Phi) is 3.51. The molecule has 0 aliphatic rings. The Morgan fingerprint density at radius 1 is 1.10 bits per heavy atom. The van der Waals surface area contributed by atoms with Crippen LogP contribution in [0.5, 0.6) is 17.2 Å². The average molecular weight is 279 g/mol. The van der Waals surface area contributed by atoms with Crippen molar-refractivity contribution in [2.45, 2.75) is 0 Å². The van der Waals surface area contributed by atoms with Crippen LogP contribution >= 0.6 is 0 Å². The number of aromatic hydroxyl groups is 1. The summed E-state index contributed by atoms with van der Waals surface area (Å²) >= 11 is 0. The summed E-state index contributed by atoms with van der Waals surface area (Å²) in [6, 6.07) is 3.83. The lowest BCUT2D eigenvalue weighted by molar-refractivity contribution is 0.173. The number of nitrogens with zero attached hydrogens (tertiary/aromatic N) is 1. The standard InChI is InChI=1S/C13H13NO6/c1-18-10-4-7-8(5-11(10)19-2)14(13(17)20-3)12(16)6-9(7)15/h4-6,15H,1-3H3.